The molecule has 1 aromatic heterocycles. The van der Waals surface area contributed by atoms with Crippen molar-refractivity contribution in [3.63, 3.8) is 0 Å². The average Bonchev–Trinajstić information content (AvgIpc) is 3.38. The van der Waals surface area contributed by atoms with E-state index in [2.05, 4.69) is 10.6 Å². The van der Waals surface area contributed by atoms with Crippen LogP contribution in [0.5, 0.6) is 0 Å². The third-order valence-electron chi connectivity index (χ3n) is 6.43. The first kappa shape index (κ1) is 27.1. The number of nitrogens with one attached hydrogen (secondary N) is 2. The SMILES string of the molecule is CCC(C)(C)NC(=O)[C@@H](c1ccc(C)cc1)N(C(=O)CNC(=O)c1cccs1)c1ccc(C)c(C)c1. The Labute approximate surface area is 217 Å². The first-order chi connectivity index (χ1) is 17.0. The van der Waals surface area contributed by atoms with Crippen molar-refractivity contribution in [1.82, 2.24) is 10.6 Å². The van der Waals surface area contributed by atoms with Crippen molar-refractivity contribution < 1.29 is 14.4 Å². The lowest BCUT2D eigenvalue weighted by Crippen LogP contribution is -2.52. The van der Waals surface area contributed by atoms with Gasteiger partial charge in [0.1, 0.15) is 6.04 Å². The van der Waals surface area contributed by atoms with E-state index >= 15 is 0 Å². The van der Waals surface area contributed by atoms with Crippen LogP contribution in [0.15, 0.2) is 60.0 Å². The van der Waals surface area contributed by atoms with Crippen LogP contribution in [0.4, 0.5) is 5.69 Å². The van der Waals surface area contributed by atoms with E-state index in [0.29, 0.717) is 16.1 Å². The van der Waals surface area contributed by atoms with Gasteiger partial charge in [0.15, 0.2) is 0 Å². The molecule has 0 fully saturated rings. The van der Waals surface area contributed by atoms with Gasteiger partial charge in [-0.05, 0) is 81.3 Å². The summed E-state index contributed by atoms with van der Waals surface area (Å²) in [4.78, 5) is 42.2. The van der Waals surface area contributed by atoms with E-state index in [1.807, 2.05) is 89.4 Å². The number of aryl methyl sites for hydroxylation is 3. The summed E-state index contributed by atoms with van der Waals surface area (Å²) in [6.07, 6.45) is 0.730. The monoisotopic (exact) mass is 505 g/mol. The van der Waals surface area contributed by atoms with Gasteiger partial charge < -0.3 is 10.6 Å². The van der Waals surface area contributed by atoms with Crippen molar-refractivity contribution >= 4 is 34.7 Å². The minimum atomic E-state index is -0.912. The van der Waals surface area contributed by atoms with E-state index in [1.54, 1.807) is 12.1 Å². The molecule has 0 radical (unpaired) electrons. The van der Waals surface area contributed by atoms with Crippen LogP contribution in [0.25, 0.3) is 0 Å². The molecule has 0 saturated heterocycles. The fourth-order valence-corrected chi connectivity index (χ4v) is 4.35. The molecule has 3 amide bonds. The summed E-state index contributed by atoms with van der Waals surface area (Å²) < 4.78 is 0. The molecule has 0 bridgehead atoms. The molecular weight excluding hydrogens is 470 g/mol. The number of rotatable bonds is 9. The Morgan fingerprint density at radius 3 is 2.25 bits per heavy atom. The molecule has 3 rings (SSSR count). The van der Waals surface area contributed by atoms with Gasteiger partial charge >= 0.3 is 0 Å². The summed E-state index contributed by atoms with van der Waals surface area (Å²) in [5.41, 5.74) is 3.99. The summed E-state index contributed by atoms with van der Waals surface area (Å²) in [7, 11) is 0. The second-order valence-electron chi connectivity index (χ2n) is 9.73. The van der Waals surface area contributed by atoms with E-state index in [1.165, 1.54) is 16.2 Å². The van der Waals surface area contributed by atoms with Gasteiger partial charge in [0.25, 0.3) is 5.91 Å². The summed E-state index contributed by atoms with van der Waals surface area (Å²) in [6.45, 7) is 11.6. The summed E-state index contributed by atoms with van der Waals surface area (Å²) >= 11 is 1.31. The van der Waals surface area contributed by atoms with E-state index in [-0.39, 0.29) is 24.3 Å². The largest absolute Gasteiger partial charge is 0.349 e. The zero-order chi connectivity index (χ0) is 26.5. The first-order valence-corrected chi connectivity index (χ1v) is 13.0. The molecule has 2 N–H and O–H groups in total. The maximum Gasteiger partial charge on any atom is 0.261 e. The zero-order valence-corrected chi connectivity index (χ0v) is 22.7. The van der Waals surface area contributed by atoms with E-state index < -0.39 is 11.6 Å². The molecule has 6 nitrogen and oxygen atoms in total. The summed E-state index contributed by atoms with van der Waals surface area (Å²) in [6, 6.07) is 15.9. The maximum absolute atomic E-state index is 13.8. The summed E-state index contributed by atoms with van der Waals surface area (Å²) in [5, 5.41) is 7.65. The highest BCUT2D eigenvalue weighted by molar-refractivity contribution is 7.12. The van der Waals surface area contributed by atoms with Crippen molar-refractivity contribution in [2.75, 3.05) is 11.4 Å². The number of benzene rings is 2. The molecule has 2 aromatic carbocycles. The number of nitrogens with zero attached hydrogens (tertiary/aromatic N) is 1. The van der Waals surface area contributed by atoms with Crippen LogP contribution in [0.2, 0.25) is 0 Å². The van der Waals surface area contributed by atoms with Gasteiger partial charge in [0, 0.05) is 11.2 Å². The van der Waals surface area contributed by atoms with Crippen molar-refractivity contribution in [3.8, 4) is 0 Å². The predicted octanol–water partition coefficient (Wildman–Crippen LogP) is 5.48. The van der Waals surface area contributed by atoms with Crippen LogP contribution in [0.1, 0.15) is 65.2 Å². The van der Waals surface area contributed by atoms with Gasteiger partial charge in [0.2, 0.25) is 11.8 Å². The number of thiophene rings is 1. The van der Waals surface area contributed by atoms with Crippen molar-refractivity contribution in [2.24, 2.45) is 0 Å². The molecule has 0 saturated carbocycles. The number of hydrogen-bond donors (Lipinski definition) is 2. The van der Waals surface area contributed by atoms with Crippen LogP contribution >= 0.6 is 11.3 Å². The van der Waals surface area contributed by atoms with Gasteiger partial charge in [-0.1, -0.05) is 48.9 Å². The minimum Gasteiger partial charge on any atom is -0.349 e. The van der Waals surface area contributed by atoms with Gasteiger partial charge in [-0.3, -0.25) is 19.3 Å². The Morgan fingerprint density at radius 1 is 0.972 bits per heavy atom. The molecular formula is C29H35N3O3S. The van der Waals surface area contributed by atoms with Gasteiger partial charge in [-0.25, -0.2) is 0 Å². The lowest BCUT2D eigenvalue weighted by atomic mass is 9.97. The van der Waals surface area contributed by atoms with E-state index in [0.717, 1.165) is 23.1 Å². The number of carbonyl (C=O) groups excluding carboxylic acids is 3. The van der Waals surface area contributed by atoms with Crippen molar-refractivity contribution in [1.29, 1.82) is 0 Å². The molecule has 0 aliphatic carbocycles. The Balaban J connectivity index is 2.05. The summed E-state index contributed by atoms with van der Waals surface area (Å²) in [5.74, 6) is -0.970. The highest BCUT2D eigenvalue weighted by Gasteiger charge is 2.35. The normalized spacial score (nSPS) is 12.1. The number of anilines is 1. The van der Waals surface area contributed by atoms with Crippen molar-refractivity contribution in [3.05, 3.63) is 87.1 Å². The van der Waals surface area contributed by atoms with E-state index in [4.69, 9.17) is 0 Å². The first-order valence-electron chi connectivity index (χ1n) is 12.1. The van der Waals surface area contributed by atoms with Crippen LogP contribution < -0.4 is 15.5 Å². The smallest absolute Gasteiger partial charge is 0.261 e. The highest BCUT2D eigenvalue weighted by Crippen LogP contribution is 2.30. The Bertz CT molecular complexity index is 1220. The lowest BCUT2D eigenvalue weighted by Gasteiger charge is -2.35. The Morgan fingerprint density at radius 2 is 1.67 bits per heavy atom. The minimum absolute atomic E-state index is 0.240. The van der Waals surface area contributed by atoms with Gasteiger partial charge in [-0.15, -0.1) is 11.3 Å². The van der Waals surface area contributed by atoms with E-state index in [9.17, 15) is 14.4 Å². The molecule has 0 aliphatic heterocycles. The predicted molar refractivity (Wildman–Crippen MR) is 146 cm³/mol. The molecule has 190 valence electrons. The van der Waals surface area contributed by atoms with Crippen LogP contribution in [0, 0.1) is 20.8 Å². The number of carbonyl (C=O) groups is 3. The number of hydrogen-bond acceptors (Lipinski definition) is 4. The molecule has 3 aromatic rings. The third kappa shape index (κ3) is 6.61. The topological polar surface area (TPSA) is 78.5 Å². The standard InChI is InChI=1S/C29H35N3O3S/c1-7-29(5,6)31-28(35)26(22-13-10-19(2)11-14-22)32(23-15-12-20(3)21(4)17-23)25(33)18-30-27(34)24-9-8-16-36-24/h8-17,26H,7,18H2,1-6H3,(H,30,34)(H,31,35)/t26-/m1/s1. The molecule has 1 heterocycles. The average molecular weight is 506 g/mol. The second kappa shape index (κ2) is 11.5. The molecule has 1 atom stereocenters. The van der Waals surface area contributed by atoms with Crippen LogP contribution in [-0.4, -0.2) is 29.8 Å². The molecule has 7 heteroatoms. The lowest BCUT2D eigenvalue weighted by molar-refractivity contribution is -0.127. The quantitative estimate of drug-likeness (QED) is 0.404. The fourth-order valence-electron chi connectivity index (χ4n) is 3.71. The molecule has 0 aliphatic rings. The number of amides is 3. The molecule has 0 unspecified atom stereocenters. The third-order valence-corrected chi connectivity index (χ3v) is 7.30. The van der Waals surface area contributed by atoms with Crippen molar-refractivity contribution in [2.45, 2.75) is 59.5 Å². The second-order valence-corrected chi connectivity index (χ2v) is 10.7. The fraction of sp³-hybridized carbons (Fsp3) is 0.345. The Kier molecular flexibility index (Phi) is 8.69. The van der Waals surface area contributed by atoms with Gasteiger partial charge in [0.05, 0.1) is 11.4 Å². The molecule has 36 heavy (non-hydrogen) atoms. The van der Waals surface area contributed by atoms with Crippen LogP contribution in [0.3, 0.4) is 0 Å². The van der Waals surface area contributed by atoms with Gasteiger partial charge in [-0.2, -0.15) is 0 Å². The molecule has 0 spiro atoms. The maximum atomic E-state index is 13.8. The van der Waals surface area contributed by atoms with Crippen LogP contribution in [-0.2, 0) is 9.59 Å². The zero-order valence-electron chi connectivity index (χ0n) is 21.8. The highest BCUT2D eigenvalue weighted by atomic mass is 32.1. The Hall–Kier alpha value is -3.45.